The standard InChI is InChI=1S/C17H16/c1-13-6-4-9-15(12-13)17-11-5-8-14-7-2-3-10-16(14)17/h2-3,5,7-12H,4,6H2,1H3. The van der Waals surface area contributed by atoms with Crippen LogP contribution in [0.4, 0.5) is 0 Å². The van der Waals surface area contributed by atoms with Crippen LogP contribution in [0.2, 0.25) is 0 Å². The highest BCUT2D eigenvalue weighted by Crippen LogP contribution is 2.30. The lowest BCUT2D eigenvalue weighted by molar-refractivity contribution is 0.966. The van der Waals surface area contributed by atoms with Gasteiger partial charge in [0.1, 0.15) is 0 Å². The Hall–Kier alpha value is -1.82. The van der Waals surface area contributed by atoms with Crippen LogP contribution < -0.4 is 0 Å². The number of benzene rings is 2. The molecule has 0 radical (unpaired) electrons. The molecule has 0 unspecified atom stereocenters. The molecule has 2 aromatic rings. The Kier molecular flexibility index (Phi) is 2.56. The van der Waals surface area contributed by atoms with Crippen LogP contribution in [-0.4, -0.2) is 0 Å². The van der Waals surface area contributed by atoms with Gasteiger partial charge in [0.15, 0.2) is 0 Å². The highest BCUT2D eigenvalue weighted by Gasteiger charge is 2.07. The van der Waals surface area contributed by atoms with E-state index in [9.17, 15) is 0 Å². The molecule has 17 heavy (non-hydrogen) atoms. The monoisotopic (exact) mass is 220 g/mol. The van der Waals surface area contributed by atoms with Gasteiger partial charge in [0, 0.05) is 0 Å². The van der Waals surface area contributed by atoms with Crippen molar-refractivity contribution in [1.29, 1.82) is 0 Å². The molecular formula is C17H16. The Bertz CT molecular complexity index is 609. The first-order valence-corrected chi connectivity index (χ1v) is 6.20. The van der Waals surface area contributed by atoms with Gasteiger partial charge in [-0.25, -0.2) is 0 Å². The van der Waals surface area contributed by atoms with Gasteiger partial charge in [0.25, 0.3) is 0 Å². The molecule has 1 aliphatic rings. The molecule has 0 bridgehead atoms. The van der Waals surface area contributed by atoms with Gasteiger partial charge in [-0.1, -0.05) is 60.2 Å². The van der Waals surface area contributed by atoms with E-state index in [4.69, 9.17) is 0 Å². The van der Waals surface area contributed by atoms with E-state index in [-0.39, 0.29) is 0 Å². The van der Waals surface area contributed by atoms with Crippen LogP contribution >= 0.6 is 0 Å². The molecule has 0 amide bonds. The van der Waals surface area contributed by atoms with Crippen LogP contribution in [0.3, 0.4) is 0 Å². The zero-order valence-electron chi connectivity index (χ0n) is 10.1. The van der Waals surface area contributed by atoms with Crippen molar-refractivity contribution in [3.8, 4) is 0 Å². The molecule has 0 nitrogen and oxygen atoms in total. The molecule has 0 heterocycles. The van der Waals surface area contributed by atoms with Gasteiger partial charge < -0.3 is 0 Å². The first kappa shape index (κ1) is 10.3. The van der Waals surface area contributed by atoms with E-state index in [1.807, 2.05) is 0 Å². The van der Waals surface area contributed by atoms with Gasteiger partial charge in [-0.15, -0.1) is 0 Å². The Morgan fingerprint density at radius 2 is 1.76 bits per heavy atom. The predicted molar refractivity (Wildman–Crippen MR) is 74.9 cm³/mol. The topological polar surface area (TPSA) is 0 Å². The lowest BCUT2D eigenvalue weighted by atomic mass is 9.92. The van der Waals surface area contributed by atoms with Crippen molar-refractivity contribution >= 4 is 16.3 Å². The molecule has 3 rings (SSSR count). The van der Waals surface area contributed by atoms with Crippen molar-refractivity contribution in [2.75, 3.05) is 0 Å². The third-order valence-electron chi connectivity index (χ3n) is 3.41. The Balaban J connectivity index is 2.21. The molecule has 0 aromatic heterocycles. The molecule has 0 N–H and O–H groups in total. The zero-order valence-corrected chi connectivity index (χ0v) is 10.1. The second-order valence-corrected chi connectivity index (χ2v) is 4.72. The maximum atomic E-state index is 2.36. The first-order chi connectivity index (χ1) is 8.34. The van der Waals surface area contributed by atoms with Crippen molar-refractivity contribution in [2.24, 2.45) is 0 Å². The summed E-state index contributed by atoms with van der Waals surface area (Å²) in [6.07, 6.45) is 7.05. The second kappa shape index (κ2) is 4.21. The van der Waals surface area contributed by atoms with E-state index in [0.29, 0.717) is 0 Å². The Morgan fingerprint density at radius 1 is 0.941 bits per heavy atom. The van der Waals surface area contributed by atoms with Crippen molar-refractivity contribution < 1.29 is 0 Å². The molecule has 0 saturated heterocycles. The van der Waals surface area contributed by atoms with E-state index in [2.05, 4.69) is 61.5 Å². The van der Waals surface area contributed by atoms with E-state index in [1.54, 1.807) is 0 Å². The van der Waals surface area contributed by atoms with Crippen molar-refractivity contribution in [3.63, 3.8) is 0 Å². The van der Waals surface area contributed by atoms with Crippen molar-refractivity contribution in [1.82, 2.24) is 0 Å². The van der Waals surface area contributed by atoms with Gasteiger partial charge in [-0.3, -0.25) is 0 Å². The molecule has 0 saturated carbocycles. The van der Waals surface area contributed by atoms with E-state index >= 15 is 0 Å². The molecule has 0 spiro atoms. The maximum absolute atomic E-state index is 2.36. The van der Waals surface area contributed by atoms with Crippen LogP contribution in [0.5, 0.6) is 0 Å². The number of hydrogen-bond acceptors (Lipinski definition) is 0. The molecule has 2 aromatic carbocycles. The summed E-state index contributed by atoms with van der Waals surface area (Å²) >= 11 is 0. The summed E-state index contributed by atoms with van der Waals surface area (Å²) in [5.41, 5.74) is 4.23. The summed E-state index contributed by atoms with van der Waals surface area (Å²) in [6, 6.07) is 15.2. The average Bonchev–Trinajstić information content (AvgIpc) is 2.38. The first-order valence-electron chi connectivity index (χ1n) is 6.20. The maximum Gasteiger partial charge on any atom is -0.0106 e. The molecule has 0 heteroatoms. The molecule has 0 atom stereocenters. The van der Waals surface area contributed by atoms with Gasteiger partial charge >= 0.3 is 0 Å². The van der Waals surface area contributed by atoms with E-state index in [0.717, 1.165) is 0 Å². The average molecular weight is 220 g/mol. The highest BCUT2D eigenvalue weighted by atomic mass is 14.1. The quantitative estimate of drug-likeness (QED) is 0.637. The fourth-order valence-electron chi connectivity index (χ4n) is 2.52. The van der Waals surface area contributed by atoms with Crippen molar-refractivity contribution in [2.45, 2.75) is 19.8 Å². The summed E-state index contributed by atoms with van der Waals surface area (Å²) in [4.78, 5) is 0. The van der Waals surface area contributed by atoms with E-state index in [1.165, 1.54) is 40.3 Å². The van der Waals surface area contributed by atoms with Gasteiger partial charge in [0.2, 0.25) is 0 Å². The lowest BCUT2D eigenvalue weighted by Gasteiger charge is -2.13. The third-order valence-corrected chi connectivity index (χ3v) is 3.41. The molecule has 1 aliphatic carbocycles. The molecule has 0 fully saturated rings. The minimum absolute atomic E-state index is 1.17. The fourth-order valence-corrected chi connectivity index (χ4v) is 2.52. The van der Waals surface area contributed by atoms with Crippen LogP contribution in [0, 0.1) is 0 Å². The molecule has 0 aliphatic heterocycles. The van der Waals surface area contributed by atoms with Gasteiger partial charge in [0.05, 0.1) is 0 Å². The van der Waals surface area contributed by atoms with Crippen molar-refractivity contribution in [3.05, 3.63) is 65.8 Å². The lowest BCUT2D eigenvalue weighted by Crippen LogP contribution is -1.91. The number of fused-ring (bicyclic) bond motifs is 1. The second-order valence-electron chi connectivity index (χ2n) is 4.72. The zero-order chi connectivity index (χ0) is 11.7. The fraction of sp³-hybridized carbons (Fsp3) is 0.176. The highest BCUT2D eigenvalue weighted by molar-refractivity contribution is 5.96. The van der Waals surface area contributed by atoms with Crippen LogP contribution in [0.15, 0.2) is 60.2 Å². The summed E-state index contributed by atoms with van der Waals surface area (Å²) < 4.78 is 0. The predicted octanol–water partition coefficient (Wildman–Crippen LogP) is 4.96. The number of allylic oxidation sites excluding steroid dienone is 4. The Labute approximate surface area is 102 Å². The van der Waals surface area contributed by atoms with Gasteiger partial charge in [-0.05, 0) is 41.7 Å². The smallest absolute Gasteiger partial charge is 0.0106 e. The summed E-state index contributed by atoms with van der Waals surface area (Å²) in [7, 11) is 0. The minimum atomic E-state index is 1.17. The molecular weight excluding hydrogens is 204 g/mol. The molecule has 84 valence electrons. The van der Waals surface area contributed by atoms with Gasteiger partial charge in [-0.2, -0.15) is 0 Å². The van der Waals surface area contributed by atoms with Crippen LogP contribution in [0.25, 0.3) is 16.3 Å². The SMILES string of the molecule is CC1=CC(c2cccc3ccccc23)=CCC1. The third kappa shape index (κ3) is 1.91. The largest absolute Gasteiger partial charge is 0.0763 e. The number of rotatable bonds is 1. The summed E-state index contributed by atoms with van der Waals surface area (Å²) in [5.74, 6) is 0. The van der Waals surface area contributed by atoms with Crippen LogP contribution in [0.1, 0.15) is 25.3 Å². The van der Waals surface area contributed by atoms with Crippen LogP contribution in [-0.2, 0) is 0 Å². The minimum Gasteiger partial charge on any atom is -0.0763 e. The summed E-state index contributed by atoms with van der Waals surface area (Å²) in [6.45, 7) is 2.22. The number of hydrogen-bond donors (Lipinski definition) is 0. The normalized spacial score (nSPS) is 15.6. The Morgan fingerprint density at radius 3 is 2.65 bits per heavy atom. The summed E-state index contributed by atoms with van der Waals surface area (Å²) in [5, 5.41) is 2.68. The van der Waals surface area contributed by atoms with E-state index < -0.39 is 0 Å².